The highest BCUT2D eigenvalue weighted by molar-refractivity contribution is 7.99. The van der Waals surface area contributed by atoms with Crippen LogP contribution in [0, 0.1) is 17.7 Å². The Bertz CT molecular complexity index is 533. The Balaban J connectivity index is 1.79. The second-order valence-corrected chi connectivity index (χ2v) is 8.50. The van der Waals surface area contributed by atoms with E-state index in [-0.39, 0.29) is 5.82 Å². The van der Waals surface area contributed by atoms with Gasteiger partial charge in [0, 0.05) is 18.6 Å². The third kappa shape index (κ3) is 15.7. The van der Waals surface area contributed by atoms with Crippen molar-refractivity contribution in [2.75, 3.05) is 18.1 Å². The lowest BCUT2D eigenvalue weighted by molar-refractivity contribution is 0.0800. The van der Waals surface area contributed by atoms with E-state index in [4.69, 9.17) is 4.74 Å². The lowest BCUT2D eigenvalue weighted by Crippen LogP contribution is -2.04. The number of hydrogen-bond acceptors (Lipinski definition) is 2. The van der Waals surface area contributed by atoms with Gasteiger partial charge in [-0.3, -0.25) is 0 Å². The summed E-state index contributed by atoms with van der Waals surface area (Å²) in [6, 6.07) is 6.51. The van der Waals surface area contributed by atoms with Crippen LogP contribution in [0.5, 0.6) is 0 Å². The highest BCUT2D eigenvalue weighted by Crippen LogP contribution is 2.12. The molecule has 0 heterocycles. The number of halogens is 1. The third-order valence-electron chi connectivity index (χ3n) is 4.28. The van der Waals surface area contributed by atoms with Crippen molar-refractivity contribution in [1.82, 2.24) is 0 Å². The van der Waals surface area contributed by atoms with Crippen LogP contribution in [0.25, 0.3) is 0 Å². The predicted molar refractivity (Wildman–Crippen MR) is 118 cm³/mol. The van der Waals surface area contributed by atoms with Gasteiger partial charge in [0.05, 0.1) is 6.10 Å². The molecule has 0 radical (unpaired) electrons. The topological polar surface area (TPSA) is 9.23 Å². The average molecular weight is 393 g/mol. The molecular weight excluding hydrogens is 355 g/mol. The number of ether oxygens (including phenoxy) is 1. The van der Waals surface area contributed by atoms with E-state index in [2.05, 4.69) is 37.5 Å². The van der Waals surface area contributed by atoms with Crippen molar-refractivity contribution in [3.05, 3.63) is 35.6 Å². The first-order valence-electron chi connectivity index (χ1n) is 10.6. The van der Waals surface area contributed by atoms with Gasteiger partial charge in [0.2, 0.25) is 0 Å². The van der Waals surface area contributed by atoms with Gasteiger partial charge in [-0.1, -0.05) is 56.4 Å². The van der Waals surface area contributed by atoms with Gasteiger partial charge in [0.25, 0.3) is 0 Å². The van der Waals surface area contributed by atoms with Crippen LogP contribution in [0.1, 0.15) is 83.6 Å². The fraction of sp³-hybridized carbons (Fsp3) is 0.667. The van der Waals surface area contributed by atoms with Gasteiger partial charge in [-0.05, 0) is 62.8 Å². The van der Waals surface area contributed by atoms with Crippen molar-refractivity contribution in [3.8, 4) is 11.8 Å². The van der Waals surface area contributed by atoms with E-state index in [1.54, 1.807) is 6.07 Å². The van der Waals surface area contributed by atoms with Gasteiger partial charge in [-0.25, -0.2) is 4.39 Å². The first-order valence-corrected chi connectivity index (χ1v) is 11.8. The van der Waals surface area contributed by atoms with E-state index >= 15 is 0 Å². The van der Waals surface area contributed by atoms with E-state index < -0.39 is 0 Å². The minimum Gasteiger partial charge on any atom is -0.379 e. The van der Waals surface area contributed by atoms with Gasteiger partial charge in [-0.2, -0.15) is 11.8 Å². The Morgan fingerprint density at radius 2 is 1.59 bits per heavy atom. The lowest BCUT2D eigenvalue weighted by Gasteiger charge is -2.06. The molecule has 0 bridgehead atoms. The van der Waals surface area contributed by atoms with Gasteiger partial charge in [-0.15, -0.1) is 0 Å². The second kappa shape index (κ2) is 17.1. The standard InChI is InChI=1S/C24H37FOS/c1-22(2)26-18-14-20-27-19-12-10-8-6-4-3-5-7-9-11-15-23-16-13-17-24(25)21-23/h13,16-17,21-22H,3-10,12,14,18-20H2,1-2H3. The normalized spacial score (nSPS) is 10.8. The predicted octanol–water partition coefficient (Wildman–Crippen LogP) is 7.24. The summed E-state index contributed by atoms with van der Waals surface area (Å²) in [4.78, 5) is 0. The molecule has 0 N–H and O–H groups in total. The quantitative estimate of drug-likeness (QED) is 0.230. The molecule has 0 aliphatic carbocycles. The van der Waals surface area contributed by atoms with E-state index in [1.165, 1.54) is 75.0 Å². The van der Waals surface area contributed by atoms with Gasteiger partial charge < -0.3 is 4.74 Å². The summed E-state index contributed by atoms with van der Waals surface area (Å²) < 4.78 is 18.6. The molecular formula is C24H37FOS. The molecule has 1 rings (SSSR count). The largest absolute Gasteiger partial charge is 0.379 e. The molecule has 1 aromatic rings. The molecule has 0 amide bonds. The molecule has 0 saturated carbocycles. The number of thioether (sulfide) groups is 1. The van der Waals surface area contributed by atoms with E-state index in [9.17, 15) is 4.39 Å². The van der Waals surface area contributed by atoms with Gasteiger partial charge >= 0.3 is 0 Å². The Morgan fingerprint density at radius 3 is 2.30 bits per heavy atom. The Hall–Kier alpha value is -0.980. The summed E-state index contributed by atoms with van der Waals surface area (Å²) in [6.45, 7) is 5.09. The molecule has 0 aliphatic heterocycles. The van der Waals surface area contributed by atoms with Crippen LogP contribution >= 0.6 is 11.8 Å². The first-order chi connectivity index (χ1) is 13.2. The summed E-state index contributed by atoms with van der Waals surface area (Å²) in [5, 5.41) is 0. The maximum absolute atomic E-state index is 13.0. The van der Waals surface area contributed by atoms with Crippen molar-refractivity contribution in [1.29, 1.82) is 0 Å². The highest BCUT2D eigenvalue weighted by Gasteiger charge is 1.95. The molecule has 0 unspecified atom stereocenters. The molecule has 27 heavy (non-hydrogen) atoms. The fourth-order valence-electron chi connectivity index (χ4n) is 2.79. The minimum absolute atomic E-state index is 0.211. The molecule has 3 heteroatoms. The van der Waals surface area contributed by atoms with Crippen molar-refractivity contribution in [2.24, 2.45) is 0 Å². The maximum atomic E-state index is 13.0. The number of hydrogen-bond donors (Lipinski definition) is 0. The van der Waals surface area contributed by atoms with Crippen molar-refractivity contribution in [2.45, 2.75) is 84.2 Å². The zero-order chi connectivity index (χ0) is 19.6. The van der Waals surface area contributed by atoms with Crippen LogP contribution in [0.4, 0.5) is 4.39 Å². The van der Waals surface area contributed by atoms with E-state index in [0.29, 0.717) is 6.10 Å². The van der Waals surface area contributed by atoms with Gasteiger partial charge in [0.1, 0.15) is 5.82 Å². The maximum Gasteiger partial charge on any atom is 0.124 e. The second-order valence-electron chi connectivity index (χ2n) is 7.28. The van der Waals surface area contributed by atoms with E-state index in [1.807, 2.05) is 6.07 Å². The zero-order valence-electron chi connectivity index (χ0n) is 17.3. The Labute approximate surface area is 170 Å². The zero-order valence-corrected chi connectivity index (χ0v) is 18.1. The number of unbranched alkanes of at least 4 members (excludes halogenated alkanes) is 8. The van der Waals surface area contributed by atoms with Crippen molar-refractivity contribution in [3.63, 3.8) is 0 Å². The minimum atomic E-state index is -0.211. The molecule has 1 nitrogen and oxygen atoms in total. The smallest absolute Gasteiger partial charge is 0.124 e. The lowest BCUT2D eigenvalue weighted by atomic mass is 10.1. The molecule has 0 saturated heterocycles. The number of benzene rings is 1. The third-order valence-corrected chi connectivity index (χ3v) is 5.44. The highest BCUT2D eigenvalue weighted by atomic mass is 32.2. The van der Waals surface area contributed by atoms with Crippen LogP contribution in [0.2, 0.25) is 0 Å². The molecule has 0 spiro atoms. The SMILES string of the molecule is CC(C)OCCCSCCCCCCCCCCC#Cc1cccc(F)c1. The Kier molecular flexibility index (Phi) is 15.3. The summed E-state index contributed by atoms with van der Waals surface area (Å²) in [6.07, 6.45) is 13.0. The van der Waals surface area contributed by atoms with Crippen LogP contribution in [0.3, 0.4) is 0 Å². The molecule has 0 fully saturated rings. The van der Waals surface area contributed by atoms with Gasteiger partial charge in [0.15, 0.2) is 0 Å². The van der Waals surface area contributed by atoms with Crippen LogP contribution in [0.15, 0.2) is 24.3 Å². The average Bonchev–Trinajstić information content (AvgIpc) is 2.64. The summed E-state index contributed by atoms with van der Waals surface area (Å²) >= 11 is 2.07. The van der Waals surface area contributed by atoms with Crippen LogP contribution in [-0.2, 0) is 4.74 Å². The fourth-order valence-corrected chi connectivity index (χ4v) is 3.73. The Morgan fingerprint density at radius 1 is 0.926 bits per heavy atom. The molecule has 0 aromatic heterocycles. The van der Waals surface area contributed by atoms with E-state index in [0.717, 1.165) is 25.0 Å². The monoisotopic (exact) mass is 392 g/mol. The van der Waals surface area contributed by atoms with Crippen molar-refractivity contribution >= 4 is 11.8 Å². The summed E-state index contributed by atoms with van der Waals surface area (Å²) in [5.41, 5.74) is 0.775. The molecule has 0 atom stereocenters. The van der Waals surface area contributed by atoms with Crippen molar-refractivity contribution < 1.29 is 9.13 Å². The first kappa shape index (κ1) is 24.1. The number of rotatable bonds is 15. The molecule has 1 aromatic carbocycles. The molecule has 0 aliphatic rings. The summed E-state index contributed by atoms with van der Waals surface area (Å²) in [7, 11) is 0. The van der Waals surface area contributed by atoms with Crippen LogP contribution in [-0.4, -0.2) is 24.2 Å². The molecule has 152 valence electrons. The summed E-state index contributed by atoms with van der Waals surface area (Å²) in [5.74, 6) is 8.51. The van der Waals surface area contributed by atoms with Crippen LogP contribution < -0.4 is 0 Å².